The molecule has 1 rings (SSSR count). The van der Waals surface area contributed by atoms with Gasteiger partial charge in [0.1, 0.15) is 5.75 Å². The highest BCUT2D eigenvalue weighted by Gasteiger charge is 1.97. The Morgan fingerprint density at radius 1 is 1.54 bits per heavy atom. The smallest absolute Gasteiger partial charge is 0.120 e. The summed E-state index contributed by atoms with van der Waals surface area (Å²) in [5, 5.41) is 1.53. The quantitative estimate of drug-likeness (QED) is 0.753. The Hall–Kier alpha value is -0.470. The number of halogens is 2. The molecule has 70 valence electrons. The molecule has 0 aliphatic rings. The zero-order chi connectivity index (χ0) is 9.68. The number of benzene rings is 1. The molecule has 0 bridgehead atoms. The molecule has 0 radical (unpaired) electrons. The van der Waals surface area contributed by atoms with Gasteiger partial charge in [0.2, 0.25) is 0 Å². The van der Waals surface area contributed by atoms with Crippen LogP contribution in [0.5, 0.6) is 5.75 Å². The SMILES string of the molecule is COc1ccc(C=CCBr)c(Cl)c1. The minimum atomic E-state index is 0.705. The van der Waals surface area contributed by atoms with Crippen LogP contribution in [-0.2, 0) is 0 Å². The summed E-state index contributed by atoms with van der Waals surface area (Å²) < 4.78 is 5.04. The van der Waals surface area contributed by atoms with Gasteiger partial charge in [-0.2, -0.15) is 0 Å². The van der Waals surface area contributed by atoms with Crippen LogP contribution in [0, 0.1) is 0 Å². The van der Waals surface area contributed by atoms with E-state index in [2.05, 4.69) is 15.9 Å². The highest BCUT2D eigenvalue weighted by atomic mass is 79.9. The van der Waals surface area contributed by atoms with E-state index in [-0.39, 0.29) is 0 Å². The van der Waals surface area contributed by atoms with Crippen molar-refractivity contribution in [2.24, 2.45) is 0 Å². The molecule has 0 saturated heterocycles. The Balaban J connectivity index is 2.91. The summed E-state index contributed by atoms with van der Waals surface area (Å²) in [6, 6.07) is 5.62. The van der Waals surface area contributed by atoms with Crippen LogP contribution in [0.1, 0.15) is 5.56 Å². The molecular weight excluding hydrogens is 251 g/mol. The molecule has 1 aromatic rings. The topological polar surface area (TPSA) is 9.23 Å². The Morgan fingerprint density at radius 2 is 2.31 bits per heavy atom. The number of hydrogen-bond donors (Lipinski definition) is 0. The van der Waals surface area contributed by atoms with Gasteiger partial charge in [0.05, 0.1) is 12.1 Å². The molecule has 0 amide bonds. The van der Waals surface area contributed by atoms with E-state index in [1.165, 1.54) is 0 Å². The number of ether oxygens (including phenoxy) is 1. The molecule has 13 heavy (non-hydrogen) atoms. The van der Waals surface area contributed by atoms with Crippen LogP contribution < -0.4 is 4.74 Å². The first-order valence-electron chi connectivity index (χ1n) is 3.84. The molecule has 0 aliphatic carbocycles. The van der Waals surface area contributed by atoms with Crippen molar-refractivity contribution in [3.05, 3.63) is 34.9 Å². The van der Waals surface area contributed by atoms with Gasteiger partial charge in [-0.3, -0.25) is 0 Å². The maximum absolute atomic E-state index is 6.00. The van der Waals surface area contributed by atoms with Crippen molar-refractivity contribution in [3.8, 4) is 5.75 Å². The first-order chi connectivity index (χ1) is 6.27. The van der Waals surface area contributed by atoms with Gasteiger partial charge >= 0.3 is 0 Å². The minimum absolute atomic E-state index is 0.705. The minimum Gasteiger partial charge on any atom is -0.497 e. The summed E-state index contributed by atoms with van der Waals surface area (Å²) in [5.41, 5.74) is 1.00. The van der Waals surface area contributed by atoms with E-state index in [4.69, 9.17) is 16.3 Å². The van der Waals surface area contributed by atoms with Gasteiger partial charge < -0.3 is 4.74 Å². The zero-order valence-electron chi connectivity index (χ0n) is 7.26. The van der Waals surface area contributed by atoms with Gasteiger partial charge in [-0.05, 0) is 23.8 Å². The molecule has 0 atom stereocenters. The van der Waals surface area contributed by atoms with Crippen molar-refractivity contribution < 1.29 is 4.74 Å². The predicted molar refractivity (Wildman–Crippen MR) is 60.8 cm³/mol. The molecule has 0 aliphatic heterocycles. The lowest BCUT2D eigenvalue weighted by Gasteiger charge is -2.02. The van der Waals surface area contributed by atoms with E-state index in [1.807, 2.05) is 24.3 Å². The van der Waals surface area contributed by atoms with Gasteiger partial charge in [0.25, 0.3) is 0 Å². The van der Waals surface area contributed by atoms with Crippen LogP contribution in [0.25, 0.3) is 6.08 Å². The molecule has 0 spiro atoms. The average Bonchev–Trinajstić information content (AvgIpc) is 2.16. The summed E-state index contributed by atoms with van der Waals surface area (Å²) in [5.74, 6) is 0.779. The second kappa shape index (κ2) is 5.30. The predicted octanol–water partition coefficient (Wildman–Crippen LogP) is 3.76. The van der Waals surface area contributed by atoms with E-state index >= 15 is 0 Å². The fourth-order valence-corrected chi connectivity index (χ4v) is 1.36. The Morgan fingerprint density at radius 3 is 2.85 bits per heavy atom. The fourth-order valence-electron chi connectivity index (χ4n) is 0.942. The molecule has 3 heteroatoms. The highest BCUT2D eigenvalue weighted by molar-refractivity contribution is 9.09. The van der Waals surface area contributed by atoms with Crippen LogP contribution in [0.4, 0.5) is 0 Å². The van der Waals surface area contributed by atoms with Crippen LogP contribution >= 0.6 is 27.5 Å². The first-order valence-corrected chi connectivity index (χ1v) is 5.34. The second-order valence-corrected chi connectivity index (χ2v) is 3.50. The maximum atomic E-state index is 6.00. The Labute approximate surface area is 91.5 Å². The van der Waals surface area contributed by atoms with E-state index < -0.39 is 0 Å². The lowest BCUT2D eigenvalue weighted by Crippen LogP contribution is -1.83. The molecule has 0 fully saturated rings. The van der Waals surface area contributed by atoms with Gasteiger partial charge in [0, 0.05) is 5.33 Å². The van der Waals surface area contributed by atoms with Gasteiger partial charge in [-0.1, -0.05) is 39.7 Å². The van der Waals surface area contributed by atoms with Crippen molar-refractivity contribution in [2.45, 2.75) is 0 Å². The maximum Gasteiger partial charge on any atom is 0.120 e. The van der Waals surface area contributed by atoms with E-state index in [0.29, 0.717) is 5.02 Å². The van der Waals surface area contributed by atoms with Crippen molar-refractivity contribution in [1.29, 1.82) is 0 Å². The summed E-state index contributed by atoms with van der Waals surface area (Å²) in [4.78, 5) is 0. The van der Waals surface area contributed by atoms with Crippen LogP contribution in [0.2, 0.25) is 5.02 Å². The molecule has 1 nitrogen and oxygen atoms in total. The first kappa shape index (κ1) is 10.6. The average molecular weight is 262 g/mol. The number of hydrogen-bond acceptors (Lipinski definition) is 1. The van der Waals surface area contributed by atoms with Gasteiger partial charge in [0.15, 0.2) is 0 Å². The van der Waals surface area contributed by atoms with Gasteiger partial charge in [-0.15, -0.1) is 0 Å². The number of rotatable bonds is 3. The molecule has 0 heterocycles. The second-order valence-electron chi connectivity index (χ2n) is 2.44. The lowest BCUT2D eigenvalue weighted by molar-refractivity contribution is 0.415. The third-order valence-electron chi connectivity index (χ3n) is 1.59. The molecule has 0 unspecified atom stereocenters. The monoisotopic (exact) mass is 260 g/mol. The highest BCUT2D eigenvalue weighted by Crippen LogP contribution is 2.23. The normalized spacial score (nSPS) is 10.7. The summed E-state index contributed by atoms with van der Waals surface area (Å²) in [6.07, 6.45) is 3.96. The number of alkyl halides is 1. The Kier molecular flexibility index (Phi) is 4.33. The van der Waals surface area contributed by atoms with E-state index in [9.17, 15) is 0 Å². The van der Waals surface area contributed by atoms with Crippen LogP contribution in [-0.4, -0.2) is 12.4 Å². The van der Waals surface area contributed by atoms with Crippen molar-refractivity contribution in [3.63, 3.8) is 0 Å². The number of methoxy groups -OCH3 is 1. The summed E-state index contributed by atoms with van der Waals surface area (Å²) >= 11 is 9.30. The van der Waals surface area contributed by atoms with Crippen LogP contribution in [0.3, 0.4) is 0 Å². The van der Waals surface area contributed by atoms with Gasteiger partial charge in [-0.25, -0.2) is 0 Å². The summed E-state index contributed by atoms with van der Waals surface area (Å²) in [6.45, 7) is 0. The van der Waals surface area contributed by atoms with Crippen LogP contribution in [0.15, 0.2) is 24.3 Å². The molecular formula is C10H10BrClO. The largest absolute Gasteiger partial charge is 0.497 e. The zero-order valence-corrected chi connectivity index (χ0v) is 9.60. The molecule has 0 aromatic heterocycles. The third-order valence-corrected chi connectivity index (χ3v) is 2.30. The standard InChI is InChI=1S/C10H10BrClO/c1-13-9-5-4-8(3-2-6-11)10(12)7-9/h2-5,7H,6H2,1H3. The lowest BCUT2D eigenvalue weighted by atomic mass is 10.2. The Bertz CT molecular complexity index is 310. The molecule has 0 N–H and O–H groups in total. The van der Waals surface area contributed by atoms with Crippen molar-refractivity contribution >= 4 is 33.6 Å². The van der Waals surface area contributed by atoms with Crippen molar-refractivity contribution in [1.82, 2.24) is 0 Å². The molecule has 0 saturated carbocycles. The molecule has 1 aromatic carbocycles. The number of allylic oxidation sites excluding steroid dienone is 1. The van der Waals surface area contributed by atoms with Crippen molar-refractivity contribution in [2.75, 3.05) is 12.4 Å². The summed E-state index contributed by atoms with van der Waals surface area (Å²) in [7, 11) is 1.62. The fraction of sp³-hybridized carbons (Fsp3) is 0.200. The van der Waals surface area contributed by atoms with E-state index in [0.717, 1.165) is 16.6 Å². The van der Waals surface area contributed by atoms with E-state index in [1.54, 1.807) is 13.2 Å². The third kappa shape index (κ3) is 3.05.